The molecule has 2 rings (SSSR count). The lowest BCUT2D eigenvalue weighted by atomic mass is 9.93. The van der Waals surface area contributed by atoms with Crippen molar-refractivity contribution in [2.24, 2.45) is 13.0 Å². The van der Waals surface area contributed by atoms with Gasteiger partial charge in [-0.15, -0.1) is 0 Å². The second-order valence-corrected chi connectivity index (χ2v) is 6.99. The number of amides is 1. The van der Waals surface area contributed by atoms with Crippen LogP contribution in [0.4, 0.5) is 0 Å². The number of hydrogen-bond acceptors (Lipinski definition) is 3. The van der Waals surface area contributed by atoms with Gasteiger partial charge in [-0.3, -0.25) is 14.3 Å². The summed E-state index contributed by atoms with van der Waals surface area (Å²) in [5.41, 5.74) is 3.24. The smallest absolute Gasteiger partial charge is 0.303 e. The van der Waals surface area contributed by atoms with Crippen LogP contribution in [-0.2, 0) is 23.1 Å². The molecule has 1 amide bonds. The number of rotatable bonds is 6. The number of carbonyl (C=O) groups excluding carboxylic acids is 1. The van der Waals surface area contributed by atoms with Gasteiger partial charge in [0.1, 0.15) is 0 Å². The summed E-state index contributed by atoms with van der Waals surface area (Å²) >= 11 is 0. The van der Waals surface area contributed by atoms with Crippen molar-refractivity contribution < 1.29 is 14.7 Å². The van der Waals surface area contributed by atoms with Crippen LogP contribution in [0.25, 0.3) is 0 Å². The van der Waals surface area contributed by atoms with Crippen molar-refractivity contribution in [2.45, 2.75) is 65.3 Å². The molecule has 24 heavy (non-hydrogen) atoms. The molecule has 1 saturated heterocycles. The summed E-state index contributed by atoms with van der Waals surface area (Å²) in [5.74, 6) is -0.757. The maximum Gasteiger partial charge on any atom is 0.303 e. The maximum absolute atomic E-state index is 12.9. The van der Waals surface area contributed by atoms with Crippen LogP contribution >= 0.6 is 0 Å². The van der Waals surface area contributed by atoms with E-state index in [0.717, 1.165) is 42.8 Å². The van der Waals surface area contributed by atoms with Gasteiger partial charge < -0.3 is 10.0 Å². The zero-order valence-electron chi connectivity index (χ0n) is 15.2. The quantitative estimate of drug-likeness (QED) is 0.866. The first-order valence-electron chi connectivity index (χ1n) is 8.82. The number of hydrogen-bond donors (Lipinski definition) is 1. The Balaban J connectivity index is 2.05. The zero-order chi connectivity index (χ0) is 17.9. The Morgan fingerprint density at radius 2 is 2.04 bits per heavy atom. The minimum Gasteiger partial charge on any atom is -0.481 e. The highest BCUT2D eigenvalue weighted by atomic mass is 16.4. The van der Waals surface area contributed by atoms with E-state index in [4.69, 9.17) is 5.11 Å². The van der Waals surface area contributed by atoms with Crippen LogP contribution < -0.4 is 0 Å². The van der Waals surface area contributed by atoms with E-state index in [-0.39, 0.29) is 24.3 Å². The van der Waals surface area contributed by atoms with Crippen LogP contribution in [-0.4, -0.2) is 44.3 Å². The molecular formula is C18H29N3O3. The van der Waals surface area contributed by atoms with E-state index >= 15 is 0 Å². The third-order valence-electron chi connectivity index (χ3n) is 5.19. The molecule has 1 fully saturated rings. The average Bonchev–Trinajstić information content (AvgIpc) is 2.78. The fraction of sp³-hybridized carbons (Fsp3) is 0.722. The summed E-state index contributed by atoms with van der Waals surface area (Å²) in [4.78, 5) is 25.7. The lowest BCUT2D eigenvalue weighted by Gasteiger charge is -2.37. The van der Waals surface area contributed by atoms with Gasteiger partial charge in [-0.2, -0.15) is 5.10 Å². The largest absolute Gasteiger partial charge is 0.481 e. The zero-order valence-corrected chi connectivity index (χ0v) is 15.2. The normalized spacial score (nSPS) is 19.3. The molecule has 1 aromatic heterocycles. The second-order valence-electron chi connectivity index (χ2n) is 6.99. The van der Waals surface area contributed by atoms with Gasteiger partial charge in [0.15, 0.2) is 0 Å². The molecule has 2 heterocycles. The molecule has 0 bridgehead atoms. The number of aryl methyl sites for hydroxylation is 2. The van der Waals surface area contributed by atoms with Crippen molar-refractivity contribution in [2.75, 3.05) is 6.54 Å². The van der Waals surface area contributed by atoms with Gasteiger partial charge in [0.2, 0.25) is 5.91 Å². The predicted octanol–water partition coefficient (Wildman–Crippen LogP) is 2.46. The van der Waals surface area contributed by atoms with Gasteiger partial charge in [-0.1, -0.05) is 6.92 Å². The average molecular weight is 335 g/mol. The Morgan fingerprint density at radius 1 is 1.33 bits per heavy atom. The monoisotopic (exact) mass is 335 g/mol. The number of nitrogens with zero attached hydrogens (tertiary/aromatic N) is 3. The first-order valence-corrected chi connectivity index (χ1v) is 8.82. The van der Waals surface area contributed by atoms with E-state index in [1.54, 1.807) is 0 Å². The van der Waals surface area contributed by atoms with Crippen LogP contribution in [0.15, 0.2) is 0 Å². The van der Waals surface area contributed by atoms with E-state index in [9.17, 15) is 9.59 Å². The third kappa shape index (κ3) is 4.16. The van der Waals surface area contributed by atoms with Crippen LogP contribution in [0.3, 0.4) is 0 Å². The summed E-state index contributed by atoms with van der Waals surface area (Å²) in [7, 11) is 1.92. The molecule has 1 aromatic rings. The van der Waals surface area contributed by atoms with Gasteiger partial charge in [-0.05, 0) is 51.5 Å². The maximum atomic E-state index is 12.9. The number of carboxylic acids is 1. The molecule has 1 N–H and O–H groups in total. The van der Waals surface area contributed by atoms with E-state index in [2.05, 4.69) is 5.10 Å². The highest BCUT2D eigenvalue weighted by molar-refractivity contribution is 5.79. The Kier molecular flexibility index (Phi) is 6.02. The third-order valence-corrected chi connectivity index (χ3v) is 5.19. The predicted molar refractivity (Wildman–Crippen MR) is 91.8 cm³/mol. The van der Waals surface area contributed by atoms with Gasteiger partial charge in [-0.25, -0.2) is 0 Å². The highest BCUT2D eigenvalue weighted by Gasteiger charge is 2.30. The molecule has 134 valence electrons. The number of carbonyl (C=O) groups is 2. The molecule has 0 aromatic carbocycles. The van der Waals surface area contributed by atoms with Crippen LogP contribution in [0.5, 0.6) is 0 Å². The van der Waals surface area contributed by atoms with Crippen molar-refractivity contribution in [1.29, 1.82) is 0 Å². The number of piperidine rings is 1. The van der Waals surface area contributed by atoms with Crippen molar-refractivity contribution in [3.63, 3.8) is 0 Å². The Labute approximate surface area is 143 Å². The summed E-state index contributed by atoms with van der Waals surface area (Å²) in [6.07, 6.45) is 4.36. The molecule has 6 nitrogen and oxygen atoms in total. The molecule has 2 atom stereocenters. The van der Waals surface area contributed by atoms with E-state index < -0.39 is 5.97 Å². The van der Waals surface area contributed by atoms with Crippen molar-refractivity contribution >= 4 is 11.9 Å². The Hall–Kier alpha value is -1.85. The minimum absolute atomic E-state index is 0.0703. The van der Waals surface area contributed by atoms with Crippen molar-refractivity contribution in [1.82, 2.24) is 14.7 Å². The fourth-order valence-corrected chi connectivity index (χ4v) is 3.67. The SMILES string of the molecule is Cc1nn(C)c(C)c1CC(C)C(=O)N1CCCCC1CCC(=O)O. The molecular weight excluding hydrogens is 306 g/mol. The van der Waals surface area contributed by atoms with Gasteiger partial charge in [0.25, 0.3) is 0 Å². The number of aliphatic carboxylic acids is 1. The molecule has 1 aliphatic rings. The standard InChI is InChI=1S/C18H29N3O3/c1-12(11-16-13(2)19-20(4)14(16)3)18(24)21-10-6-5-7-15(21)8-9-17(22)23/h12,15H,5-11H2,1-4H3,(H,22,23). The van der Waals surface area contributed by atoms with E-state index in [0.29, 0.717) is 12.8 Å². The molecule has 0 radical (unpaired) electrons. The lowest BCUT2D eigenvalue weighted by molar-refractivity contribution is -0.142. The van der Waals surface area contributed by atoms with Gasteiger partial charge in [0.05, 0.1) is 5.69 Å². The summed E-state index contributed by atoms with van der Waals surface area (Å²) in [6.45, 7) is 6.73. The van der Waals surface area contributed by atoms with Crippen LogP contribution in [0.2, 0.25) is 0 Å². The molecule has 2 unspecified atom stereocenters. The Morgan fingerprint density at radius 3 is 2.62 bits per heavy atom. The summed E-state index contributed by atoms with van der Waals surface area (Å²) in [6, 6.07) is 0.0703. The van der Waals surface area contributed by atoms with Crippen molar-refractivity contribution in [3.05, 3.63) is 17.0 Å². The lowest BCUT2D eigenvalue weighted by Crippen LogP contribution is -2.46. The molecule has 6 heteroatoms. The topological polar surface area (TPSA) is 75.4 Å². The molecule has 1 aliphatic heterocycles. The fourth-order valence-electron chi connectivity index (χ4n) is 3.67. The minimum atomic E-state index is -0.789. The molecule has 0 aliphatic carbocycles. The Bertz CT molecular complexity index is 609. The van der Waals surface area contributed by atoms with Gasteiger partial charge >= 0.3 is 5.97 Å². The molecule has 0 spiro atoms. The van der Waals surface area contributed by atoms with Crippen LogP contribution in [0, 0.1) is 19.8 Å². The second kappa shape index (κ2) is 7.81. The number of likely N-dealkylation sites (tertiary alicyclic amines) is 1. The molecule has 0 saturated carbocycles. The summed E-state index contributed by atoms with van der Waals surface area (Å²) < 4.78 is 1.86. The summed E-state index contributed by atoms with van der Waals surface area (Å²) in [5, 5.41) is 13.3. The first-order chi connectivity index (χ1) is 11.3. The van der Waals surface area contributed by atoms with Crippen LogP contribution in [0.1, 0.15) is 56.0 Å². The van der Waals surface area contributed by atoms with E-state index in [1.165, 1.54) is 0 Å². The number of carboxylic acid groups (broad SMARTS) is 1. The first kappa shape index (κ1) is 18.5. The van der Waals surface area contributed by atoms with Crippen molar-refractivity contribution in [3.8, 4) is 0 Å². The highest BCUT2D eigenvalue weighted by Crippen LogP contribution is 2.25. The van der Waals surface area contributed by atoms with Gasteiger partial charge in [0, 0.05) is 37.7 Å². The van der Waals surface area contributed by atoms with E-state index in [1.807, 2.05) is 37.4 Å². The number of aromatic nitrogens is 2.